The molecule has 0 bridgehead atoms. The standard InChI is InChI=1S/C22H22N6O/c1-3-17-25-10-11-28(17)15-8-6-13(7-9-15)18-16(12-23)21(24)29-22-19(18)20(14-4-5-14)26-27(22)2/h6-11,14,18H,3-5,24H2,1-2H3. The van der Waals surface area contributed by atoms with Gasteiger partial charge < -0.3 is 15.0 Å². The summed E-state index contributed by atoms with van der Waals surface area (Å²) in [6, 6.07) is 10.5. The minimum atomic E-state index is -0.268. The Kier molecular flexibility index (Phi) is 3.95. The Hall–Kier alpha value is -3.53. The molecule has 0 radical (unpaired) electrons. The molecule has 1 fully saturated rings. The summed E-state index contributed by atoms with van der Waals surface area (Å²) in [7, 11) is 1.86. The number of nitrogens with two attached hydrogens (primary N) is 1. The first-order chi connectivity index (χ1) is 14.1. The van der Waals surface area contributed by atoms with Gasteiger partial charge in [-0.1, -0.05) is 19.1 Å². The van der Waals surface area contributed by atoms with Crippen LogP contribution in [0.5, 0.6) is 5.88 Å². The Morgan fingerprint density at radius 3 is 2.69 bits per heavy atom. The average molecular weight is 386 g/mol. The number of hydrogen-bond donors (Lipinski definition) is 1. The van der Waals surface area contributed by atoms with Crippen LogP contribution in [0.3, 0.4) is 0 Å². The summed E-state index contributed by atoms with van der Waals surface area (Å²) in [5.41, 5.74) is 10.6. The molecule has 2 N–H and O–H groups in total. The van der Waals surface area contributed by atoms with E-state index in [0.29, 0.717) is 17.4 Å². The van der Waals surface area contributed by atoms with E-state index in [2.05, 4.69) is 46.8 Å². The fraction of sp³-hybridized carbons (Fsp3) is 0.318. The third-order valence-electron chi connectivity index (χ3n) is 5.73. The van der Waals surface area contributed by atoms with Crippen LogP contribution >= 0.6 is 0 Å². The highest BCUT2D eigenvalue weighted by molar-refractivity contribution is 5.57. The van der Waals surface area contributed by atoms with Gasteiger partial charge in [-0.15, -0.1) is 0 Å². The molecular weight excluding hydrogens is 364 g/mol. The molecule has 1 unspecified atom stereocenters. The zero-order valence-corrected chi connectivity index (χ0v) is 16.5. The van der Waals surface area contributed by atoms with Gasteiger partial charge in [-0.25, -0.2) is 9.67 Å². The van der Waals surface area contributed by atoms with Crippen molar-refractivity contribution in [3.8, 4) is 17.6 Å². The zero-order chi connectivity index (χ0) is 20.1. The van der Waals surface area contributed by atoms with Crippen LogP contribution in [-0.4, -0.2) is 19.3 Å². The van der Waals surface area contributed by atoms with Crippen molar-refractivity contribution in [3.05, 3.63) is 70.8 Å². The number of allylic oxidation sites excluding steroid dienone is 1. The Bertz CT molecular complexity index is 1160. The molecule has 1 aliphatic heterocycles. The maximum Gasteiger partial charge on any atom is 0.224 e. The van der Waals surface area contributed by atoms with Crippen molar-refractivity contribution in [1.82, 2.24) is 19.3 Å². The van der Waals surface area contributed by atoms with Crippen LogP contribution in [0.15, 0.2) is 48.1 Å². The first-order valence-electron chi connectivity index (χ1n) is 9.89. The summed E-state index contributed by atoms with van der Waals surface area (Å²) in [6.45, 7) is 2.09. The molecule has 29 heavy (non-hydrogen) atoms. The van der Waals surface area contributed by atoms with Gasteiger partial charge in [0.05, 0.1) is 17.2 Å². The first kappa shape index (κ1) is 17.6. The number of nitrogens with zero attached hydrogens (tertiary/aromatic N) is 5. The summed E-state index contributed by atoms with van der Waals surface area (Å²) >= 11 is 0. The van der Waals surface area contributed by atoms with E-state index in [0.717, 1.165) is 47.6 Å². The molecule has 1 aliphatic carbocycles. The highest BCUT2D eigenvalue weighted by Crippen LogP contribution is 2.50. The van der Waals surface area contributed by atoms with Gasteiger partial charge in [-0.2, -0.15) is 10.4 Å². The van der Waals surface area contributed by atoms with Crippen molar-refractivity contribution in [2.75, 3.05) is 0 Å². The highest BCUT2D eigenvalue weighted by atomic mass is 16.5. The van der Waals surface area contributed by atoms with E-state index in [1.54, 1.807) is 4.68 Å². The van der Waals surface area contributed by atoms with Crippen LogP contribution in [0.25, 0.3) is 5.69 Å². The molecule has 5 rings (SSSR count). The van der Waals surface area contributed by atoms with E-state index in [4.69, 9.17) is 15.6 Å². The minimum absolute atomic E-state index is 0.155. The molecule has 7 heteroatoms. The summed E-state index contributed by atoms with van der Waals surface area (Å²) in [5, 5.41) is 14.5. The number of aryl methyl sites for hydroxylation is 2. The van der Waals surface area contributed by atoms with Gasteiger partial charge in [0.25, 0.3) is 0 Å². The third kappa shape index (κ3) is 2.71. The molecule has 0 saturated heterocycles. The lowest BCUT2D eigenvalue weighted by atomic mass is 9.83. The normalized spacial score (nSPS) is 18.3. The fourth-order valence-corrected chi connectivity index (χ4v) is 4.15. The summed E-state index contributed by atoms with van der Waals surface area (Å²) < 4.78 is 9.63. The van der Waals surface area contributed by atoms with Crippen LogP contribution in [-0.2, 0) is 13.5 Å². The number of rotatable bonds is 4. The van der Waals surface area contributed by atoms with Crippen molar-refractivity contribution >= 4 is 0 Å². The second-order valence-corrected chi connectivity index (χ2v) is 7.59. The first-order valence-corrected chi connectivity index (χ1v) is 9.89. The molecule has 0 amide bonds. The number of aromatic nitrogens is 4. The fourth-order valence-electron chi connectivity index (χ4n) is 4.15. The molecule has 1 aromatic carbocycles. The zero-order valence-electron chi connectivity index (χ0n) is 16.5. The predicted molar refractivity (Wildman–Crippen MR) is 107 cm³/mol. The van der Waals surface area contributed by atoms with Gasteiger partial charge in [-0.3, -0.25) is 0 Å². The summed E-state index contributed by atoms with van der Waals surface area (Å²) in [6.07, 6.45) is 6.88. The monoisotopic (exact) mass is 386 g/mol. The molecule has 2 aliphatic rings. The molecule has 3 heterocycles. The van der Waals surface area contributed by atoms with E-state index in [-0.39, 0.29) is 11.8 Å². The summed E-state index contributed by atoms with van der Waals surface area (Å²) in [5.74, 6) is 1.97. The number of ether oxygens (including phenoxy) is 1. The number of nitriles is 1. The topological polar surface area (TPSA) is 94.7 Å². The van der Waals surface area contributed by atoms with Crippen LogP contribution < -0.4 is 10.5 Å². The van der Waals surface area contributed by atoms with Gasteiger partial charge in [-0.05, 0) is 30.5 Å². The molecule has 0 spiro atoms. The Labute approximate surface area is 169 Å². The largest absolute Gasteiger partial charge is 0.422 e. The lowest BCUT2D eigenvalue weighted by molar-refractivity contribution is 0.358. The average Bonchev–Trinajstić information content (AvgIpc) is 3.38. The molecule has 2 aromatic heterocycles. The Morgan fingerprint density at radius 1 is 1.28 bits per heavy atom. The van der Waals surface area contributed by atoms with Crippen molar-refractivity contribution in [2.45, 2.75) is 38.0 Å². The third-order valence-corrected chi connectivity index (χ3v) is 5.73. The second-order valence-electron chi connectivity index (χ2n) is 7.59. The van der Waals surface area contributed by atoms with E-state index in [9.17, 15) is 5.26 Å². The number of hydrogen-bond acceptors (Lipinski definition) is 5. The van der Waals surface area contributed by atoms with E-state index >= 15 is 0 Å². The minimum Gasteiger partial charge on any atom is -0.422 e. The lowest BCUT2D eigenvalue weighted by Gasteiger charge is -2.25. The predicted octanol–water partition coefficient (Wildman–Crippen LogP) is 3.26. The molecule has 146 valence electrons. The van der Waals surface area contributed by atoms with Crippen molar-refractivity contribution in [2.24, 2.45) is 12.8 Å². The number of imidazole rings is 1. The van der Waals surface area contributed by atoms with Gasteiger partial charge in [0.1, 0.15) is 17.5 Å². The van der Waals surface area contributed by atoms with E-state index in [1.807, 2.05) is 19.4 Å². The van der Waals surface area contributed by atoms with Gasteiger partial charge in [0.15, 0.2) is 0 Å². The molecule has 3 aromatic rings. The smallest absolute Gasteiger partial charge is 0.224 e. The number of fused-ring (bicyclic) bond motifs is 1. The van der Waals surface area contributed by atoms with Crippen molar-refractivity contribution in [3.63, 3.8) is 0 Å². The molecule has 1 saturated carbocycles. The van der Waals surface area contributed by atoms with Gasteiger partial charge in [0.2, 0.25) is 11.8 Å². The maximum absolute atomic E-state index is 9.84. The SMILES string of the molecule is CCc1nccn1-c1ccc(C2C(C#N)=C(N)Oc3c2c(C2CC2)nn3C)cc1. The van der Waals surface area contributed by atoms with Crippen LogP contribution in [0.1, 0.15) is 54.2 Å². The van der Waals surface area contributed by atoms with E-state index in [1.165, 1.54) is 0 Å². The maximum atomic E-state index is 9.84. The quantitative estimate of drug-likeness (QED) is 0.743. The van der Waals surface area contributed by atoms with E-state index < -0.39 is 0 Å². The Morgan fingerprint density at radius 2 is 2.03 bits per heavy atom. The summed E-state index contributed by atoms with van der Waals surface area (Å²) in [4.78, 5) is 4.40. The van der Waals surface area contributed by atoms with Crippen LogP contribution in [0.2, 0.25) is 0 Å². The van der Waals surface area contributed by atoms with Crippen LogP contribution in [0.4, 0.5) is 0 Å². The second kappa shape index (κ2) is 6.52. The molecular formula is C22H22N6O. The van der Waals surface area contributed by atoms with Gasteiger partial charge in [0, 0.05) is 37.5 Å². The highest BCUT2D eigenvalue weighted by Gasteiger charge is 2.40. The molecule has 7 nitrogen and oxygen atoms in total. The lowest BCUT2D eigenvalue weighted by Crippen LogP contribution is -2.22. The van der Waals surface area contributed by atoms with Crippen LogP contribution in [0, 0.1) is 11.3 Å². The molecule has 1 atom stereocenters. The van der Waals surface area contributed by atoms with Crippen molar-refractivity contribution < 1.29 is 4.74 Å². The Balaban J connectivity index is 1.62. The van der Waals surface area contributed by atoms with Crippen molar-refractivity contribution in [1.29, 1.82) is 5.26 Å². The van der Waals surface area contributed by atoms with Gasteiger partial charge >= 0.3 is 0 Å². The number of benzene rings is 1.